The molecule has 0 aliphatic carbocycles. The Labute approximate surface area is 99.5 Å². The number of nitrogens with one attached hydrogen (secondary N) is 1. The van der Waals surface area contributed by atoms with Gasteiger partial charge in [0.1, 0.15) is 0 Å². The van der Waals surface area contributed by atoms with Crippen molar-refractivity contribution in [2.24, 2.45) is 5.92 Å². The van der Waals surface area contributed by atoms with Crippen LogP contribution in [0.3, 0.4) is 0 Å². The van der Waals surface area contributed by atoms with E-state index in [0.29, 0.717) is 6.04 Å². The molecule has 0 aliphatic rings. The van der Waals surface area contributed by atoms with Gasteiger partial charge in [-0.25, -0.2) is 0 Å². The normalized spacial score (nSPS) is 13.0. The fourth-order valence-electron chi connectivity index (χ4n) is 2.05. The average molecular weight is 220 g/mol. The molecule has 1 aromatic heterocycles. The van der Waals surface area contributed by atoms with Crippen molar-refractivity contribution in [3.05, 3.63) is 30.1 Å². The van der Waals surface area contributed by atoms with Gasteiger partial charge in [0.05, 0.1) is 0 Å². The highest BCUT2D eigenvalue weighted by Crippen LogP contribution is 2.11. The monoisotopic (exact) mass is 220 g/mol. The van der Waals surface area contributed by atoms with Crippen molar-refractivity contribution in [2.45, 2.75) is 46.1 Å². The maximum atomic E-state index is 4.04. The second-order valence-electron chi connectivity index (χ2n) is 4.78. The van der Waals surface area contributed by atoms with E-state index in [1.165, 1.54) is 18.4 Å². The molecule has 0 saturated heterocycles. The van der Waals surface area contributed by atoms with Crippen LogP contribution >= 0.6 is 0 Å². The molecule has 2 heteroatoms. The van der Waals surface area contributed by atoms with Crippen molar-refractivity contribution in [3.8, 4) is 0 Å². The van der Waals surface area contributed by atoms with Crippen LogP contribution in [0.15, 0.2) is 24.5 Å². The smallest absolute Gasteiger partial charge is 0.0270 e. The van der Waals surface area contributed by atoms with Crippen LogP contribution in [0.1, 0.15) is 39.2 Å². The number of hydrogen-bond acceptors (Lipinski definition) is 2. The molecule has 1 atom stereocenters. The molecule has 16 heavy (non-hydrogen) atoms. The maximum absolute atomic E-state index is 4.04. The van der Waals surface area contributed by atoms with Crippen molar-refractivity contribution in [1.29, 1.82) is 0 Å². The third-order valence-corrected chi connectivity index (χ3v) is 2.78. The molecule has 0 radical (unpaired) electrons. The minimum Gasteiger partial charge on any atom is -0.314 e. The van der Waals surface area contributed by atoms with Crippen molar-refractivity contribution in [1.82, 2.24) is 10.3 Å². The van der Waals surface area contributed by atoms with Gasteiger partial charge in [-0.1, -0.05) is 20.8 Å². The summed E-state index contributed by atoms with van der Waals surface area (Å²) in [5.74, 6) is 0.765. The van der Waals surface area contributed by atoms with Crippen LogP contribution in [0.2, 0.25) is 0 Å². The fourth-order valence-corrected chi connectivity index (χ4v) is 2.05. The predicted octanol–water partition coefficient (Wildman–Crippen LogP) is 3.04. The lowest BCUT2D eigenvalue weighted by Gasteiger charge is -2.19. The Morgan fingerprint density at radius 3 is 2.50 bits per heavy atom. The Hall–Kier alpha value is -0.890. The Bertz CT molecular complexity index is 269. The fraction of sp³-hybridized carbons (Fsp3) is 0.643. The second-order valence-corrected chi connectivity index (χ2v) is 4.78. The van der Waals surface area contributed by atoms with Gasteiger partial charge in [0.15, 0.2) is 0 Å². The zero-order chi connectivity index (χ0) is 11.8. The lowest BCUT2D eigenvalue weighted by atomic mass is 9.98. The molecular formula is C14H24N2. The van der Waals surface area contributed by atoms with E-state index >= 15 is 0 Å². The summed E-state index contributed by atoms with van der Waals surface area (Å²) in [5, 5.41) is 3.57. The van der Waals surface area contributed by atoms with Gasteiger partial charge in [-0.15, -0.1) is 0 Å². The molecule has 1 N–H and O–H groups in total. The molecule has 0 spiro atoms. The number of aromatic nitrogens is 1. The van der Waals surface area contributed by atoms with Crippen LogP contribution in [0.4, 0.5) is 0 Å². The first-order valence-electron chi connectivity index (χ1n) is 6.34. The van der Waals surface area contributed by atoms with Gasteiger partial charge in [-0.3, -0.25) is 4.98 Å². The van der Waals surface area contributed by atoms with Crippen LogP contribution in [0, 0.1) is 5.92 Å². The number of hydrogen-bond donors (Lipinski definition) is 1. The topological polar surface area (TPSA) is 24.9 Å². The third kappa shape index (κ3) is 5.26. The minimum atomic E-state index is 0.651. The first-order valence-corrected chi connectivity index (χ1v) is 6.34. The van der Waals surface area contributed by atoms with Crippen molar-refractivity contribution >= 4 is 0 Å². The van der Waals surface area contributed by atoms with Gasteiger partial charge >= 0.3 is 0 Å². The van der Waals surface area contributed by atoms with Crippen molar-refractivity contribution in [2.75, 3.05) is 6.54 Å². The zero-order valence-electron chi connectivity index (χ0n) is 10.7. The first-order chi connectivity index (χ1) is 7.72. The largest absolute Gasteiger partial charge is 0.314 e. The average Bonchev–Trinajstić information content (AvgIpc) is 2.27. The molecule has 0 bridgehead atoms. The molecule has 0 aromatic carbocycles. The number of aryl methyl sites for hydroxylation is 1. The third-order valence-electron chi connectivity index (χ3n) is 2.78. The lowest BCUT2D eigenvalue weighted by Crippen LogP contribution is -2.30. The van der Waals surface area contributed by atoms with E-state index in [4.69, 9.17) is 0 Å². The molecule has 0 amide bonds. The molecule has 1 heterocycles. The summed E-state index contributed by atoms with van der Waals surface area (Å²) in [4.78, 5) is 4.04. The SMILES string of the molecule is CCNC(CCc1ccncc1)CC(C)C. The lowest BCUT2D eigenvalue weighted by molar-refractivity contribution is 0.405. The van der Waals surface area contributed by atoms with Crippen molar-refractivity contribution < 1.29 is 0 Å². The summed E-state index contributed by atoms with van der Waals surface area (Å²) in [6.07, 6.45) is 7.38. The van der Waals surface area contributed by atoms with Crippen LogP contribution < -0.4 is 5.32 Å². The van der Waals surface area contributed by atoms with Gasteiger partial charge < -0.3 is 5.32 Å². The standard InChI is InChI=1S/C14H24N2/c1-4-16-14(11-12(2)3)6-5-13-7-9-15-10-8-13/h7-10,12,14,16H,4-6,11H2,1-3H3. The molecule has 2 nitrogen and oxygen atoms in total. The van der Waals surface area contributed by atoms with Gasteiger partial charge in [0.2, 0.25) is 0 Å². The maximum Gasteiger partial charge on any atom is 0.0270 e. The Morgan fingerprint density at radius 2 is 1.94 bits per heavy atom. The molecule has 1 rings (SSSR count). The molecule has 0 aliphatic heterocycles. The first kappa shape index (κ1) is 13.2. The van der Waals surface area contributed by atoms with Crippen LogP contribution in [0.25, 0.3) is 0 Å². The zero-order valence-corrected chi connectivity index (χ0v) is 10.7. The summed E-state index contributed by atoms with van der Waals surface area (Å²) >= 11 is 0. The van der Waals surface area contributed by atoms with E-state index in [9.17, 15) is 0 Å². The van der Waals surface area contributed by atoms with E-state index in [-0.39, 0.29) is 0 Å². The van der Waals surface area contributed by atoms with Gasteiger partial charge in [0, 0.05) is 18.4 Å². The number of nitrogens with zero attached hydrogens (tertiary/aromatic N) is 1. The Morgan fingerprint density at radius 1 is 1.25 bits per heavy atom. The predicted molar refractivity (Wildman–Crippen MR) is 69.5 cm³/mol. The van der Waals surface area contributed by atoms with Crippen LogP contribution in [-0.2, 0) is 6.42 Å². The molecule has 1 aromatic rings. The molecule has 0 saturated carbocycles. The summed E-state index contributed by atoms with van der Waals surface area (Å²) in [6.45, 7) is 7.82. The van der Waals surface area contributed by atoms with Crippen molar-refractivity contribution in [3.63, 3.8) is 0 Å². The molecule has 90 valence electrons. The van der Waals surface area contributed by atoms with E-state index in [2.05, 4.69) is 43.2 Å². The van der Waals surface area contributed by atoms with E-state index in [0.717, 1.165) is 18.9 Å². The summed E-state index contributed by atoms with van der Waals surface area (Å²) < 4.78 is 0. The highest BCUT2D eigenvalue weighted by Gasteiger charge is 2.09. The summed E-state index contributed by atoms with van der Waals surface area (Å²) in [6, 6.07) is 4.87. The Balaban J connectivity index is 2.37. The van der Waals surface area contributed by atoms with Gasteiger partial charge in [-0.2, -0.15) is 0 Å². The van der Waals surface area contributed by atoms with Gasteiger partial charge in [0.25, 0.3) is 0 Å². The summed E-state index contributed by atoms with van der Waals surface area (Å²) in [7, 11) is 0. The van der Waals surface area contributed by atoms with Gasteiger partial charge in [-0.05, 0) is 49.4 Å². The Kier molecular flexibility index (Phi) is 6.09. The molecular weight excluding hydrogens is 196 g/mol. The highest BCUT2D eigenvalue weighted by atomic mass is 14.9. The number of rotatable bonds is 7. The quantitative estimate of drug-likeness (QED) is 0.764. The molecule has 0 fully saturated rings. The van der Waals surface area contributed by atoms with E-state index in [1.54, 1.807) is 0 Å². The second kappa shape index (κ2) is 7.39. The summed E-state index contributed by atoms with van der Waals surface area (Å²) in [5.41, 5.74) is 1.39. The molecule has 1 unspecified atom stereocenters. The van der Waals surface area contributed by atoms with Crippen LogP contribution in [-0.4, -0.2) is 17.6 Å². The van der Waals surface area contributed by atoms with Crippen LogP contribution in [0.5, 0.6) is 0 Å². The van der Waals surface area contributed by atoms with E-state index < -0.39 is 0 Å². The van der Waals surface area contributed by atoms with E-state index in [1.807, 2.05) is 12.4 Å². The minimum absolute atomic E-state index is 0.651. The highest BCUT2D eigenvalue weighted by molar-refractivity contribution is 5.09. The number of pyridine rings is 1.